The third kappa shape index (κ3) is 3.99. The van der Waals surface area contributed by atoms with Crippen LogP contribution in [0.4, 0.5) is 0 Å². The number of rotatable bonds is 7. The van der Waals surface area contributed by atoms with Crippen LogP contribution in [-0.4, -0.2) is 57.1 Å². The van der Waals surface area contributed by atoms with Crippen molar-refractivity contribution < 1.29 is 39.2 Å². The summed E-state index contributed by atoms with van der Waals surface area (Å²) in [4.78, 5) is 48.0. The second kappa shape index (κ2) is 8.96. The highest BCUT2D eigenvalue weighted by Crippen LogP contribution is 2.68. The maximum absolute atomic E-state index is 13.4. The van der Waals surface area contributed by atoms with Gasteiger partial charge in [-0.05, 0) is 62.0 Å². The van der Waals surface area contributed by atoms with Gasteiger partial charge in [-0.15, -0.1) is 0 Å². The third-order valence-corrected chi connectivity index (χ3v) is 9.64. The second-order valence-electron chi connectivity index (χ2n) is 11.4. The number of carboxylic acids is 1. The van der Waals surface area contributed by atoms with Crippen LogP contribution in [0.5, 0.6) is 0 Å². The van der Waals surface area contributed by atoms with E-state index in [-0.39, 0.29) is 55.1 Å². The van der Waals surface area contributed by atoms with Gasteiger partial charge in [-0.1, -0.05) is 32.4 Å². The maximum Gasteiger partial charge on any atom is 0.306 e. The molecule has 4 rings (SSSR count). The van der Waals surface area contributed by atoms with Gasteiger partial charge in [0, 0.05) is 29.6 Å². The number of carbonyl (C=O) groups is 4. The number of aliphatic hydroxyl groups excluding tert-OH is 1. The lowest BCUT2D eigenvalue weighted by molar-refractivity contribution is -0.186. The predicted octanol–water partition coefficient (Wildman–Crippen LogP) is 2.61. The summed E-state index contributed by atoms with van der Waals surface area (Å²) in [5.41, 5.74) is -2.02. The monoisotopic (exact) mass is 488 g/mol. The van der Waals surface area contributed by atoms with E-state index in [1.54, 1.807) is 12.2 Å². The third-order valence-electron chi connectivity index (χ3n) is 9.64. The Kier molecular flexibility index (Phi) is 6.60. The molecule has 0 amide bonds. The quantitative estimate of drug-likeness (QED) is 0.465. The summed E-state index contributed by atoms with van der Waals surface area (Å²) in [5.74, 6) is -2.70. The van der Waals surface area contributed by atoms with Crippen LogP contribution < -0.4 is 0 Å². The van der Waals surface area contributed by atoms with Gasteiger partial charge in [-0.25, -0.2) is 0 Å². The van der Waals surface area contributed by atoms with E-state index in [2.05, 4.69) is 6.92 Å². The number of hydrogen-bond donors (Lipinski definition) is 3. The van der Waals surface area contributed by atoms with Crippen LogP contribution >= 0.6 is 0 Å². The van der Waals surface area contributed by atoms with Gasteiger partial charge in [0.15, 0.2) is 12.4 Å². The molecule has 8 atom stereocenters. The average molecular weight is 489 g/mol. The van der Waals surface area contributed by atoms with E-state index in [9.17, 15) is 29.4 Å². The zero-order valence-corrected chi connectivity index (χ0v) is 20.7. The van der Waals surface area contributed by atoms with Gasteiger partial charge in [0.1, 0.15) is 5.60 Å². The zero-order valence-electron chi connectivity index (χ0n) is 20.7. The molecule has 4 aliphatic rings. The Balaban J connectivity index is 1.54. The number of fused-ring (bicyclic) bond motifs is 5. The van der Waals surface area contributed by atoms with Crippen molar-refractivity contribution in [1.29, 1.82) is 0 Å². The molecule has 35 heavy (non-hydrogen) atoms. The Hall–Kier alpha value is -2.32. The second-order valence-corrected chi connectivity index (χ2v) is 11.4. The highest BCUT2D eigenvalue weighted by atomic mass is 16.5. The van der Waals surface area contributed by atoms with E-state index in [1.807, 2.05) is 19.9 Å². The molecule has 3 fully saturated rings. The lowest BCUT2D eigenvalue weighted by Gasteiger charge is -2.59. The van der Waals surface area contributed by atoms with E-state index in [4.69, 9.17) is 9.84 Å². The fourth-order valence-corrected chi connectivity index (χ4v) is 7.97. The molecule has 4 aliphatic carbocycles. The summed E-state index contributed by atoms with van der Waals surface area (Å²) in [6.07, 6.45) is 6.65. The maximum atomic E-state index is 13.4. The number of hydrogen-bond acceptors (Lipinski definition) is 7. The van der Waals surface area contributed by atoms with Gasteiger partial charge >= 0.3 is 11.9 Å². The van der Waals surface area contributed by atoms with Gasteiger partial charge in [-0.3, -0.25) is 19.2 Å². The topological polar surface area (TPSA) is 138 Å². The molecule has 8 nitrogen and oxygen atoms in total. The molecule has 8 heteroatoms. The molecule has 0 saturated heterocycles. The van der Waals surface area contributed by atoms with E-state index >= 15 is 0 Å². The minimum Gasteiger partial charge on any atom is -0.481 e. The van der Waals surface area contributed by atoms with Gasteiger partial charge in [0.2, 0.25) is 5.78 Å². The Morgan fingerprint density at radius 2 is 1.91 bits per heavy atom. The number of ether oxygens (including phenoxy) is 1. The normalized spacial score (nSPS) is 41.9. The van der Waals surface area contributed by atoms with Gasteiger partial charge < -0.3 is 20.1 Å². The van der Waals surface area contributed by atoms with Gasteiger partial charge in [0.25, 0.3) is 0 Å². The van der Waals surface area contributed by atoms with Gasteiger partial charge in [0.05, 0.1) is 6.10 Å². The first-order valence-corrected chi connectivity index (χ1v) is 12.6. The number of allylic oxidation sites excluding steroid dienone is 4. The van der Waals surface area contributed by atoms with Crippen LogP contribution in [0, 0.1) is 34.5 Å². The van der Waals surface area contributed by atoms with Crippen molar-refractivity contribution in [3.05, 3.63) is 23.8 Å². The van der Waals surface area contributed by atoms with Crippen molar-refractivity contribution in [2.24, 2.45) is 34.5 Å². The Bertz CT molecular complexity index is 997. The molecule has 0 spiro atoms. The molecule has 0 aromatic heterocycles. The highest BCUT2D eigenvalue weighted by Gasteiger charge is 2.70. The highest BCUT2D eigenvalue weighted by molar-refractivity contribution is 6.01. The number of aliphatic hydroxyl groups is 2. The van der Waals surface area contributed by atoms with Crippen molar-refractivity contribution in [1.82, 2.24) is 0 Å². The molecule has 3 saturated carbocycles. The standard InChI is InChI=1S/C27H36O8/c1-15-11-19-18-8-7-16-12-17(28)9-10-25(16,2)24(18)20(29)13-26(19,3)27(15,34)21(30)14-35-23(33)6-4-5-22(31)32/h9-10,12,15,18-20,24,29,34H,4-8,11,13-14H2,1-3H3,(H,31,32)/t15-,18?,19?,20?,24?,25?,26?,27+/m1/s1. The summed E-state index contributed by atoms with van der Waals surface area (Å²) in [7, 11) is 0. The zero-order chi connectivity index (χ0) is 25.8. The minimum atomic E-state index is -1.75. The summed E-state index contributed by atoms with van der Waals surface area (Å²) in [6, 6.07) is 0. The molecule has 0 radical (unpaired) electrons. The largest absolute Gasteiger partial charge is 0.481 e. The average Bonchev–Trinajstić information content (AvgIpc) is 2.98. The van der Waals surface area contributed by atoms with Crippen LogP contribution in [0.1, 0.15) is 65.7 Å². The molecule has 0 aliphatic heterocycles. The molecule has 0 aromatic rings. The molecule has 0 bridgehead atoms. The minimum absolute atomic E-state index is 0.00415. The van der Waals surface area contributed by atoms with Crippen molar-refractivity contribution >= 4 is 23.5 Å². The first kappa shape index (κ1) is 25.8. The van der Waals surface area contributed by atoms with Crippen LogP contribution in [0.2, 0.25) is 0 Å². The number of ketones is 2. The Labute approximate surface area is 205 Å². The van der Waals surface area contributed by atoms with E-state index in [0.717, 1.165) is 18.4 Å². The smallest absolute Gasteiger partial charge is 0.306 e. The number of aliphatic carboxylic acids is 1. The first-order chi connectivity index (χ1) is 16.3. The predicted molar refractivity (Wildman–Crippen MR) is 125 cm³/mol. The molecular formula is C27H36O8. The fourth-order valence-electron chi connectivity index (χ4n) is 7.97. The van der Waals surface area contributed by atoms with Crippen LogP contribution in [0.15, 0.2) is 23.8 Å². The Morgan fingerprint density at radius 1 is 1.20 bits per heavy atom. The molecule has 0 heterocycles. The number of Topliss-reactive ketones (excluding diaryl/α,β-unsaturated/α-hetero) is 1. The van der Waals surface area contributed by atoms with Crippen molar-refractivity contribution in [2.75, 3.05) is 6.61 Å². The van der Waals surface area contributed by atoms with Crippen molar-refractivity contribution in [3.8, 4) is 0 Å². The lowest BCUT2D eigenvalue weighted by Crippen LogP contribution is -2.62. The number of carboxylic acid groups (broad SMARTS) is 1. The van der Waals surface area contributed by atoms with Crippen molar-refractivity contribution in [3.63, 3.8) is 0 Å². The molecule has 3 N–H and O–H groups in total. The molecule has 192 valence electrons. The van der Waals surface area contributed by atoms with Crippen molar-refractivity contribution in [2.45, 2.75) is 77.4 Å². The van der Waals surface area contributed by atoms with Crippen LogP contribution in [0.25, 0.3) is 0 Å². The number of carbonyl (C=O) groups excluding carboxylic acids is 3. The number of esters is 1. The summed E-state index contributed by atoms with van der Waals surface area (Å²) < 4.78 is 5.11. The molecule has 0 aromatic carbocycles. The van der Waals surface area contributed by atoms with E-state index < -0.39 is 46.9 Å². The Morgan fingerprint density at radius 3 is 2.60 bits per heavy atom. The first-order valence-electron chi connectivity index (χ1n) is 12.6. The summed E-state index contributed by atoms with van der Waals surface area (Å²) >= 11 is 0. The summed E-state index contributed by atoms with van der Waals surface area (Å²) in [5, 5.41) is 32.0. The molecular weight excluding hydrogens is 452 g/mol. The lowest BCUT2D eigenvalue weighted by atomic mass is 9.46. The van der Waals surface area contributed by atoms with Crippen LogP contribution in [0.3, 0.4) is 0 Å². The van der Waals surface area contributed by atoms with E-state index in [1.165, 1.54) is 0 Å². The summed E-state index contributed by atoms with van der Waals surface area (Å²) in [6.45, 7) is 5.21. The van der Waals surface area contributed by atoms with E-state index in [0.29, 0.717) is 6.42 Å². The molecule has 6 unspecified atom stereocenters. The SMILES string of the molecule is C[C@@H]1CC2C3CCC4=CC(=O)C=CC4(C)C3C(O)CC2(C)[C@@]1(O)C(=O)COC(=O)CCCC(=O)O. The van der Waals surface area contributed by atoms with Crippen LogP contribution in [-0.2, 0) is 23.9 Å². The fraction of sp³-hybridized carbons (Fsp3) is 0.704. The van der Waals surface area contributed by atoms with Gasteiger partial charge in [-0.2, -0.15) is 0 Å².